The molecule has 0 radical (unpaired) electrons. The number of aliphatic hydroxyl groups is 4. The van der Waals surface area contributed by atoms with Crippen molar-refractivity contribution < 1.29 is 49.1 Å². The Bertz CT molecular complexity index is 2390. The zero-order valence-electron chi connectivity index (χ0n) is 31.7. The second kappa shape index (κ2) is 13.7. The molecule has 6 aliphatic heterocycles. The third-order valence-electron chi connectivity index (χ3n) is 13.8. The Morgan fingerprint density at radius 3 is 1.53 bits per heavy atom. The first-order chi connectivity index (χ1) is 27.8. The second-order valence-corrected chi connectivity index (χ2v) is 16.6. The summed E-state index contributed by atoms with van der Waals surface area (Å²) in [6, 6.07) is 23.0. The van der Waals surface area contributed by atoms with Crippen LogP contribution in [0.5, 0.6) is 0 Å². The standard InChI is InChI=1S/2C22H20N2O5.CH4/c1-21-16(26)11-22(29-21,9-10-25)18-17(21)19(27)24(20(18)28)15-8-7-14(23-2)12-5-3-4-6-13(12)15;1-21-16(26)10-22(29-21,8-9-25)18-17(21)19(27)24(20(18)28)15-7-6-12(11-23)13-4-2-3-5-14(13)15;/h3-8,16-18,25-26H,9-11H2,1H3;2-7,16-18,25-26H,8-10H2,1H3;1H4/t2*16-,17-,18+,21?,22?;/m10./s1. The number of hydrogen-bond donors (Lipinski definition) is 4. The van der Waals surface area contributed by atoms with E-state index in [0.29, 0.717) is 44.2 Å². The van der Waals surface area contributed by atoms with Gasteiger partial charge in [0.1, 0.15) is 11.2 Å². The summed E-state index contributed by atoms with van der Waals surface area (Å²) < 4.78 is 12.2. The van der Waals surface area contributed by atoms with E-state index in [1.165, 1.54) is 9.80 Å². The largest absolute Gasteiger partial charge is 0.396 e. The van der Waals surface area contributed by atoms with Crippen molar-refractivity contribution in [1.29, 1.82) is 5.26 Å². The fourth-order valence-electron chi connectivity index (χ4n) is 11.2. The third kappa shape index (κ3) is 5.18. The van der Waals surface area contributed by atoms with Crippen molar-refractivity contribution in [2.75, 3.05) is 23.0 Å². The van der Waals surface area contributed by atoms with Crippen LogP contribution >= 0.6 is 0 Å². The van der Waals surface area contributed by atoms with Gasteiger partial charge in [-0.3, -0.25) is 19.2 Å². The number of hydrogen-bond acceptors (Lipinski definition) is 11. The van der Waals surface area contributed by atoms with Gasteiger partial charge in [0.15, 0.2) is 5.69 Å². The quantitative estimate of drug-likeness (QED) is 0.160. The number of ether oxygens (including phenoxy) is 2. The van der Waals surface area contributed by atoms with E-state index < -0.39 is 70.1 Å². The molecule has 4 aromatic carbocycles. The van der Waals surface area contributed by atoms with Crippen LogP contribution in [0, 0.1) is 41.6 Å². The molecule has 0 spiro atoms. The summed E-state index contributed by atoms with van der Waals surface area (Å²) >= 11 is 0. The van der Waals surface area contributed by atoms with Gasteiger partial charge in [0, 0.05) is 49.7 Å². The molecular weight excluding hydrogens is 757 g/mol. The molecule has 59 heavy (non-hydrogen) atoms. The van der Waals surface area contributed by atoms with Crippen LogP contribution in [0.3, 0.4) is 0 Å². The minimum Gasteiger partial charge on any atom is -0.396 e. The van der Waals surface area contributed by atoms with Gasteiger partial charge in [-0.2, -0.15) is 5.26 Å². The van der Waals surface area contributed by atoms with Crippen LogP contribution in [0.4, 0.5) is 17.1 Å². The van der Waals surface area contributed by atoms with Crippen molar-refractivity contribution in [2.45, 2.75) is 81.6 Å². The first-order valence-corrected chi connectivity index (χ1v) is 19.3. The van der Waals surface area contributed by atoms with E-state index in [0.717, 1.165) is 0 Å². The second-order valence-electron chi connectivity index (χ2n) is 16.6. The summed E-state index contributed by atoms with van der Waals surface area (Å²) in [5, 5.41) is 52.3. The number of imide groups is 2. The third-order valence-corrected chi connectivity index (χ3v) is 13.8. The molecule has 10 rings (SSSR count). The lowest BCUT2D eigenvalue weighted by Gasteiger charge is -2.33. The van der Waals surface area contributed by atoms with Crippen LogP contribution in [0.15, 0.2) is 72.8 Å². The highest BCUT2D eigenvalue weighted by atomic mass is 16.6. The van der Waals surface area contributed by atoms with Crippen LogP contribution < -0.4 is 9.80 Å². The molecule has 4 aromatic rings. The average molecular weight is 801 g/mol. The minimum absolute atomic E-state index is 0. The first kappa shape index (κ1) is 40.2. The van der Waals surface area contributed by atoms with E-state index in [-0.39, 0.29) is 58.1 Å². The Balaban J connectivity index is 0.000000161. The summed E-state index contributed by atoms with van der Waals surface area (Å²) in [6.07, 6.45) is -0.966. The molecule has 304 valence electrons. The number of benzene rings is 4. The molecule has 14 heteroatoms. The predicted octanol–water partition coefficient (Wildman–Crippen LogP) is 4.30. The molecule has 6 heterocycles. The van der Waals surface area contributed by atoms with Crippen LogP contribution in [0.1, 0.15) is 52.5 Å². The molecule has 6 saturated heterocycles. The average Bonchev–Trinajstić information content (AvgIpc) is 3.96. The number of carbonyl (C=O) groups is 4. The molecule has 14 nitrogen and oxygen atoms in total. The fourth-order valence-corrected chi connectivity index (χ4v) is 11.2. The number of carbonyl (C=O) groups excluding carboxylic acids is 4. The molecule has 0 aliphatic carbocycles. The number of anilines is 2. The number of nitrogens with zero attached hydrogens (tertiary/aromatic N) is 4. The van der Waals surface area contributed by atoms with Crippen molar-refractivity contribution in [3.8, 4) is 6.07 Å². The topological polar surface area (TPSA) is 202 Å². The van der Waals surface area contributed by atoms with Gasteiger partial charge in [-0.25, -0.2) is 14.6 Å². The molecule has 0 aromatic heterocycles. The molecule has 6 aliphatic rings. The molecule has 4 unspecified atom stereocenters. The Morgan fingerprint density at radius 2 is 1.08 bits per heavy atom. The van der Waals surface area contributed by atoms with E-state index >= 15 is 0 Å². The number of rotatable bonds is 6. The highest BCUT2D eigenvalue weighted by Gasteiger charge is 2.78. The molecular formula is C45H44N4O10. The van der Waals surface area contributed by atoms with Gasteiger partial charge >= 0.3 is 0 Å². The van der Waals surface area contributed by atoms with Crippen LogP contribution in [-0.4, -0.2) is 91.9 Å². The van der Waals surface area contributed by atoms with Gasteiger partial charge in [0.05, 0.1) is 76.7 Å². The summed E-state index contributed by atoms with van der Waals surface area (Å²) in [5.74, 6) is -4.65. The molecule has 4 N–H and O–H groups in total. The lowest BCUT2D eigenvalue weighted by Crippen LogP contribution is -2.49. The Hall–Kier alpha value is -5.58. The highest BCUT2D eigenvalue weighted by molar-refractivity contribution is 6.27. The van der Waals surface area contributed by atoms with Crippen molar-refractivity contribution >= 4 is 62.2 Å². The van der Waals surface area contributed by atoms with Gasteiger partial charge in [-0.15, -0.1) is 0 Å². The normalized spacial score (nSPS) is 34.8. The minimum atomic E-state index is -1.16. The van der Waals surface area contributed by atoms with E-state index in [4.69, 9.17) is 16.0 Å². The summed E-state index contributed by atoms with van der Waals surface area (Å²) in [5.41, 5.74) is -2.62. The smallest absolute Gasteiger partial charge is 0.240 e. The zero-order valence-corrected chi connectivity index (χ0v) is 31.7. The molecule has 10 atom stereocenters. The molecule has 6 fully saturated rings. The van der Waals surface area contributed by atoms with E-state index in [1.54, 1.807) is 80.6 Å². The Morgan fingerprint density at radius 1 is 0.678 bits per heavy atom. The van der Waals surface area contributed by atoms with Gasteiger partial charge in [0.25, 0.3) is 0 Å². The number of nitriles is 1. The predicted molar refractivity (Wildman–Crippen MR) is 214 cm³/mol. The summed E-state index contributed by atoms with van der Waals surface area (Å²) in [4.78, 5) is 59.9. The van der Waals surface area contributed by atoms with Crippen molar-refractivity contribution in [3.63, 3.8) is 0 Å². The SMILES string of the molecule is C.CC12OC(CCO)(C[C@@H]1O)[C@H]1C(=O)N(c3ccc(C#N)c4ccccc34)C(=O)[C@H]12.[C-]#[N+]c1ccc(N2C(=O)[C@@H]3[C@H](C2=O)C2(C)OC3(CCO)C[C@H]2O)c2ccccc12. The van der Waals surface area contributed by atoms with Crippen molar-refractivity contribution in [1.82, 2.24) is 0 Å². The summed E-state index contributed by atoms with van der Waals surface area (Å²) in [6.45, 7) is 10.3. The van der Waals surface area contributed by atoms with E-state index in [1.807, 2.05) is 6.07 Å². The molecule has 0 saturated carbocycles. The number of aliphatic hydroxyl groups excluding tert-OH is 4. The highest BCUT2D eigenvalue weighted by Crippen LogP contribution is 2.64. The van der Waals surface area contributed by atoms with Gasteiger partial charge in [-0.1, -0.05) is 62.0 Å². The van der Waals surface area contributed by atoms with Crippen LogP contribution in [0.25, 0.3) is 26.4 Å². The van der Waals surface area contributed by atoms with E-state index in [9.17, 15) is 44.9 Å². The monoisotopic (exact) mass is 800 g/mol. The van der Waals surface area contributed by atoms with Gasteiger partial charge in [-0.05, 0) is 42.8 Å². The van der Waals surface area contributed by atoms with Crippen LogP contribution in [0.2, 0.25) is 0 Å². The van der Waals surface area contributed by atoms with Crippen molar-refractivity contribution in [3.05, 3.63) is 89.8 Å². The Kier molecular flexibility index (Phi) is 9.37. The molecule has 4 amide bonds. The van der Waals surface area contributed by atoms with Crippen molar-refractivity contribution in [2.24, 2.45) is 23.7 Å². The van der Waals surface area contributed by atoms with Gasteiger partial charge in [0.2, 0.25) is 23.6 Å². The lowest BCUT2D eigenvalue weighted by atomic mass is 9.66. The number of fused-ring (bicyclic) bond motifs is 12. The Labute approximate surface area is 340 Å². The first-order valence-electron chi connectivity index (χ1n) is 19.3. The van der Waals surface area contributed by atoms with Gasteiger partial charge < -0.3 is 29.9 Å². The molecule has 4 bridgehead atoms. The summed E-state index contributed by atoms with van der Waals surface area (Å²) in [7, 11) is 0. The van der Waals surface area contributed by atoms with E-state index in [2.05, 4.69) is 10.9 Å². The maximum Gasteiger partial charge on any atom is 0.240 e. The maximum atomic E-state index is 13.5. The maximum absolute atomic E-state index is 13.5. The zero-order chi connectivity index (χ0) is 41.1. The fraction of sp³-hybridized carbons (Fsp3) is 0.422. The number of amides is 4. The lowest BCUT2D eigenvalue weighted by molar-refractivity contribution is -0.135. The van der Waals surface area contributed by atoms with Crippen LogP contribution in [-0.2, 0) is 28.7 Å².